The van der Waals surface area contributed by atoms with Crippen molar-refractivity contribution in [2.45, 2.75) is 39.2 Å². The number of benzene rings is 1. The van der Waals surface area contributed by atoms with Gasteiger partial charge in [-0.15, -0.1) is 0 Å². The van der Waals surface area contributed by atoms with Crippen molar-refractivity contribution in [1.82, 2.24) is 5.32 Å². The van der Waals surface area contributed by atoms with Crippen LogP contribution in [0.3, 0.4) is 0 Å². The third-order valence-electron chi connectivity index (χ3n) is 3.27. The molecule has 1 rings (SSSR count). The van der Waals surface area contributed by atoms with E-state index < -0.39 is 5.54 Å². The number of para-hydroxylation sites is 1. The summed E-state index contributed by atoms with van der Waals surface area (Å²) in [7, 11) is 1.41. The van der Waals surface area contributed by atoms with Gasteiger partial charge in [0.15, 0.2) is 0 Å². The molecule has 0 aliphatic heterocycles. The molecular weight excluding hydrogens is 254 g/mol. The first kappa shape index (κ1) is 16.5. The summed E-state index contributed by atoms with van der Waals surface area (Å²) in [6.45, 7) is 7.48. The van der Waals surface area contributed by atoms with E-state index in [9.17, 15) is 4.79 Å². The van der Waals surface area contributed by atoms with Crippen LogP contribution in [-0.2, 0) is 15.1 Å². The second-order valence-corrected chi connectivity index (χ2v) is 4.94. The molecule has 4 heteroatoms. The van der Waals surface area contributed by atoms with Gasteiger partial charge in [0.05, 0.1) is 25.7 Å². The highest BCUT2D eigenvalue weighted by Crippen LogP contribution is 2.33. The average Bonchev–Trinajstić information content (AvgIpc) is 2.46. The maximum atomic E-state index is 11.7. The van der Waals surface area contributed by atoms with Gasteiger partial charge in [-0.2, -0.15) is 0 Å². The molecule has 0 radical (unpaired) electrons. The zero-order valence-electron chi connectivity index (χ0n) is 12.9. The molecule has 0 aliphatic carbocycles. The minimum absolute atomic E-state index is 0.234. The van der Waals surface area contributed by atoms with Crippen LogP contribution in [0.4, 0.5) is 0 Å². The maximum Gasteiger partial charge on any atom is 0.307 e. The van der Waals surface area contributed by atoms with E-state index in [1.165, 1.54) is 7.11 Å². The number of esters is 1. The van der Waals surface area contributed by atoms with Crippen molar-refractivity contribution in [3.05, 3.63) is 29.8 Å². The van der Waals surface area contributed by atoms with Crippen LogP contribution in [0.2, 0.25) is 0 Å². The predicted molar refractivity (Wildman–Crippen MR) is 79.9 cm³/mol. The summed E-state index contributed by atoms with van der Waals surface area (Å²) in [6.07, 6.45) is 1.27. The van der Waals surface area contributed by atoms with Crippen molar-refractivity contribution in [3.8, 4) is 5.75 Å². The van der Waals surface area contributed by atoms with Gasteiger partial charge in [-0.3, -0.25) is 4.79 Å². The van der Waals surface area contributed by atoms with Crippen molar-refractivity contribution in [2.24, 2.45) is 0 Å². The topological polar surface area (TPSA) is 47.6 Å². The Hall–Kier alpha value is -1.55. The molecule has 0 bridgehead atoms. The third-order valence-corrected chi connectivity index (χ3v) is 3.27. The van der Waals surface area contributed by atoms with E-state index in [0.717, 1.165) is 24.3 Å². The first-order valence-electron chi connectivity index (χ1n) is 7.11. The molecule has 1 aromatic rings. The summed E-state index contributed by atoms with van der Waals surface area (Å²) in [4.78, 5) is 11.7. The smallest absolute Gasteiger partial charge is 0.307 e. The van der Waals surface area contributed by atoms with Crippen LogP contribution in [0.5, 0.6) is 5.75 Å². The maximum absolute atomic E-state index is 11.7. The van der Waals surface area contributed by atoms with Crippen LogP contribution in [0.1, 0.15) is 39.2 Å². The van der Waals surface area contributed by atoms with Gasteiger partial charge in [0.1, 0.15) is 5.75 Å². The number of carbonyl (C=O) groups excluding carboxylic acids is 1. The number of hydrogen-bond acceptors (Lipinski definition) is 4. The van der Waals surface area contributed by atoms with Gasteiger partial charge in [0.2, 0.25) is 0 Å². The lowest BCUT2D eigenvalue weighted by Crippen LogP contribution is -2.42. The second kappa shape index (κ2) is 7.90. The summed E-state index contributed by atoms with van der Waals surface area (Å²) < 4.78 is 10.5. The lowest BCUT2D eigenvalue weighted by atomic mass is 9.87. The Balaban J connectivity index is 3.11. The Labute approximate surface area is 121 Å². The molecule has 0 saturated carbocycles. The fourth-order valence-corrected chi connectivity index (χ4v) is 2.22. The summed E-state index contributed by atoms with van der Waals surface area (Å²) >= 11 is 0. The highest BCUT2D eigenvalue weighted by molar-refractivity contribution is 5.71. The first-order valence-corrected chi connectivity index (χ1v) is 7.11. The van der Waals surface area contributed by atoms with Crippen molar-refractivity contribution >= 4 is 5.97 Å². The second-order valence-electron chi connectivity index (χ2n) is 4.94. The molecule has 1 unspecified atom stereocenters. The molecular formula is C16H25NO3. The van der Waals surface area contributed by atoms with Crippen molar-refractivity contribution in [1.29, 1.82) is 0 Å². The fourth-order valence-electron chi connectivity index (χ4n) is 2.22. The number of nitrogens with one attached hydrogen (secondary N) is 1. The fraction of sp³-hybridized carbons (Fsp3) is 0.562. The molecule has 0 aliphatic rings. The largest absolute Gasteiger partial charge is 0.494 e. The summed E-state index contributed by atoms with van der Waals surface area (Å²) in [5.41, 5.74) is 0.496. The molecule has 0 spiro atoms. The van der Waals surface area contributed by atoms with Gasteiger partial charge >= 0.3 is 5.97 Å². The Morgan fingerprint density at radius 1 is 1.30 bits per heavy atom. The molecule has 4 nitrogen and oxygen atoms in total. The number of rotatable bonds is 8. The van der Waals surface area contributed by atoms with Crippen LogP contribution in [0.25, 0.3) is 0 Å². The van der Waals surface area contributed by atoms with Crippen LogP contribution in [0, 0.1) is 0 Å². The van der Waals surface area contributed by atoms with Gasteiger partial charge < -0.3 is 14.8 Å². The molecule has 1 aromatic carbocycles. The van der Waals surface area contributed by atoms with Gasteiger partial charge in [-0.25, -0.2) is 0 Å². The van der Waals surface area contributed by atoms with Crippen LogP contribution >= 0.6 is 0 Å². The molecule has 0 heterocycles. The zero-order valence-corrected chi connectivity index (χ0v) is 12.9. The van der Waals surface area contributed by atoms with E-state index in [0.29, 0.717) is 6.61 Å². The Morgan fingerprint density at radius 3 is 2.60 bits per heavy atom. The molecule has 0 fully saturated rings. The number of methoxy groups -OCH3 is 1. The SMILES string of the molecule is CCCNC(C)(CC(=O)OC)c1ccccc1OCC. The minimum Gasteiger partial charge on any atom is -0.494 e. The van der Waals surface area contributed by atoms with Gasteiger partial charge in [-0.1, -0.05) is 25.1 Å². The molecule has 0 aromatic heterocycles. The Bertz CT molecular complexity index is 433. The lowest BCUT2D eigenvalue weighted by molar-refractivity contribution is -0.142. The molecule has 1 N–H and O–H groups in total. The monoisotopic (exact) mass is 279 g/mol. The van der Waals surface area contributed by atoms with Crippen LogP contribution in [0.15, 0.2) is 24.3 Å². The average molecular weight is 279 g/mol. The highest BCUT2D eigenvalue weighted by Gasteiger charge is 2.32. The first-order chi connectivity index (χ1) is 9.57. The number of hydrogen-bond donors (Lipinski definition) is 1. The van der Waals surface area contributed by atoms with Crippen molar-refractivity contribution < 1.29 is 14.3 Å². The molecule has 20 heavy (non-hydrogen) atoms. The predicted octanol–water partition coefficient (Wildman–Crippen LogP) is 2.86. The van der Waals surface area contributed by atoms with E-state index in [2.05, 4.69) is 12.2 Å². The normalized spacial score (nSPS) is 13.6. The van der Waals surface area contributed by atoms with Crippen molar-refractivity contribution in [3.63, 3.8) is 0 Å². The number of carbonyl (C=O) groups is 1. The zero-order chi connectivity index (χ0) is 15.0. The van der Waals surface area contributed by atoms with Crippen molar-refractivity contribution in [2.75, 3.05) is 20.3 Å². The molecule has 1 atom stereocenters. The third kappa shape index (κ3) is 4.23. The molecule has 112 valence electrons. The quantitative estimate of drug-likeness (QED) is 0.743. The summed E-state index contributed by atoms with van der Waals surface area (Å²) in [6, 6.07) is 7.83. The summed E-state index contributed by atoms with van der Waals surface area (Å²) in [5.74, 6) is 0.576. The van der Waals surface area contributed by atoms with Gasteiger partial charge in [0.25, 0.3) is 0 Å². The Morgan fingerprint density at radius 2 is 2.00 bits per heavy atom. The van der Waals surface area contributed by atoms with E-state index in [1.54, 1.807) is 0 Å². The molecule has 0 amide bonds. The highest BCUT2D eigenvalue weighted by atomic mass is 16.5. The number of ether oxygens (including phenoxy) is 2. The van der Waals surface area contributed by atoms with Gasteiger partial charge in [-0.05, 0) is 32.9 Å². The van der Waals surface area contributed by atoms with Crippen LogP contribution < -0.4 is 10.1 Å². The van der Waals surface area contributed by atoms with E-state index in [4.69, 9.17) is 9.47 Å². The minimum atomic E-state index is -0.491. The Kier molecular flexibility index (Phi) is 6.52. The van der Waals surface area contributed by atoms with Crippen LogP contribution in [-0.4, -0.2) is 26.2 Å². The van der Waals surface area contributed by atoms with E-state index >= 15 is 0 Å². The summed E-state index contributed by atoms with van der Waals surface area (Å²) in [5, 5.41) is 3.45. The molecule has 0 saturated heterocycles. The van der Waals surface area contributed by atoms with E-state index in [1.807, 2.05) is 38.1 Å². The standard InChI is InChI=1S/C16H25NO3/c1-5-11-17-16(3,12-15(18)19-4)13-9-7-8-10-14(13)20-6-2/h7-10,17H,5-6,11-12H2,1-4H3. The van der Waals surface area contributed by atoms with Gasteiger partial charge in [0, 0.05) is 5.56 Å². The lowest BCUT2D eigenvalue weighted by Gasteiger charge is -2.32. The van der Waals surface area contributed by atoms with E-state index in [-0.39, 0.29) is 12.4 Å².